The van der Waals surface area contributed by atoms with Crippen LogP contribution in [0.1, 0.15) is 88.2 Å². The van der Waals surface area contributed by atoms with Gasteiger partial charge in [-0.25, -0.2) is 19.8 Å². The van der Waals surface area contributed by atoms with Gasteiger partial charge >= 0.3 is 6.09 Å². The Morgan fingerprint density at radius 1 is 0.776 bits per heavy atom. The molecule has 2 saturated heterocycles. The van der Waals surface area contributed by atoms with Crippen molar-refractivity contribution in [2.24, 2.45) is 16.8 Å². The normalized spacial score (nSPS) is 18.2. The molecule has 2 aliphatic rings. The summed E-state index contributed by atoms with van der Waals surface area (Å²) in [4.78, 5) is 73.5. The molecular formula is C44H54N8O6. The molecule has 2 fully saturated rings. The minimum atomic E-state index is -0.674. The zero-order chi connectivity index (χ0) is 40.9. The van der Waals surface area contributed by atoms with Crippen molar-refractivity contribution in [3.63, 3.8) is 0 Å². The van der Waals surface area contributed by atoms with Crippen molar-refractivity contribution in [3.05, 3.63) is 83.4 Å². The van der Waals surface area contributed by atoms with Crippen LogP contribution >= 0.6 is 0 Å². The lowest BCUT2D eigenvalue weighted by Gasteiger charge is -2.29. The summed E-state index contributed by atoms with van der Waals surface area (Å²) in [7, 11) is 2.70. The van der Waals surface area contributed by atoms with Crippen LogP contribution in [0.4, 0.5) is 4.79 Å². The molecule has 5 aromatic rings. The first-order valence-corrected chi connectivity index (χ1v) is 20.3. The van der Waals surface area contributed by atoms with Gasteiger partial charge in [-0.05, 0) is 96.9 Å². The number of carbonyl (C=O) groups excluding carboxylic acids is 3. The second-order valence-electron chi connectivity index (χ2n) is 16.0. The van der Waals surface area contributed by atoms with Gasteiger partial charge in [0, 0.05) is 13.1 Å². The van der Waals surface area contributed by atoms with Gasteiger partial charge in [0.25, 0.3) is 0 Å². The van der Waals surface area contributed by atoms with Gasteiger partial charge in [-0.1, -0.05) is 64.1 Å². The van der Waals surface area contributed by atoms with Gasteiger partial charge < -0.3 is 34.7 Å². The summed E-state index contributed by atoms with van der Waals surface area (Å²) >= 11 is 0. The van der Waals surface area contributed by atoms with Crippen LogP contribution in [0.25, 0.3) is 33.2 Å². The van der Waals surface area contributed by atoms with Gasteiger partial charge in [-0.15, -0.1) is 0 Å². The number of aliphatic imine (C=N–C) groups is 1. The first-order chi connectivity index (χ1) is 28.0. The van der Waals surface area contributed by atoms with Crippen molar-refractivity contribution < 1.29 is 28.9 Å². The van der Waals surface area contributed by atoms with Crippen molar-refractivity contribution in [2.45, 2.75) is 90.4 Å². The second-order valence-corrected chi connectivity index (χ2v) is 16.0. The van der Waals surface area contributed by atoms with E-state index in [0.717, 1.165) is 83.4 Å². The molecule has 0 saturated carbocycles. The second kappa shape index (κ2) is 17.8. The van der Waals surface area contributed by atoms with E-state index >= 15 is 0 Å². The molecule has 4 heterocycles. The summed E-state index contributed by atoms with van der Waals surface area (Å²) in [5.41, 5.74) is 8.25. The summed E-state index contributed by atoms with van der Waals surface area (Å²) < 4.78 is 4.77. The van der Waals surface area contributed by atoms with Gasteiger partial charge in [0.2, 0.25) is 18.2 Å². The number of aryl methyl sites for hydroxylation is 2. The maximum Gasteiger partial charge on any atom is 0.407 e. The van der Waals surface area contributed by atoms with Crippen molar-refractivity contribution in [3.8, 4) is 11.1 Å². The van der Waals surface area contributed by atoms with Crippen molar-refractivity contribution in [1.82, 2.24) is 35.1 Å². The Morgan fingerprint density at radius 2 is 1.34 bits per heavy atom. The zero-order valence-electron chi connectivity index (χ0n) is 34.2. The SMILES string of the molecule is COOC=NC(C(=O)N1CCC[C@H]1c1nc2ccc(-c3ccc(CCc4ccc5nc([C@@H]6CCCN6C(=O)[C@@H](NC(=O)OC)C(C)C)[nH]c5c4)cc3)cc2[nH]1)C(C)C. The van der Waals surface area contributed by atoms with Crippen LogP contribution in [0.5, 0.6) is 0 Å². The van der Waals surface area contributed by atoms with E-state index in [4.69, 9.17) is 19.6 Å². The van der Waals surface area contributed by atoms with Crippen molar-refractivity contribution >= 4 is 46.4 Å². The Morgan fingerprint density at radius 3 is 1.95 bits per heavy atom. The van der Waals surface area contributed by atoms with E-state index in [1.807, 2.05) is 49.6 Å². The van der Waals surface area contributed by atoms with E-state index < -0.39 is 18.2 Å². The smallest absolute Gasteiger partial charge is 0.407 e. The van der Waals surface area contributed by atoms with Crippen LogP contribution < -0.4 is 5.32 Å². The molecule has 4 atom stereocenters. The van der Waals surface area contributed by atoms with Crippen molar-refractivity contribution in [2.75, 3.05) is 27.3 Å². The number of alkyl carbamates (subject to hydrolysis) is 1. The molecule has 7 rings (SSSR count). The third-order valence-corrected chi connectivity index (χ3v) is 11.4. The number of benzene rings is 3. The average molecular weight is 791 g/mol. The number of carbonyl (C=O) groups is 3. The number of amides is 3. The number of likely N-dealkylation sites (tertiary alicyclic amines) is 2. The predicted octanol–water partition coefficient (Wildman–Crippen LogP) is 7.23. The number of nitrogens with zero attached hydrogens (tertiary/aromatic N) is 5. The molecule has 0 aliphatic carbocycles. The van der Waals surface area contributed by atoms with Gasteiger partial charge in [0.1, 0.15) is 23.7 Å². The molecule has 0 spiro atoms. The topological polar surface area (TPSA) is 167 Å². The molecule has 58 heavy (non-hydrogen) atoms. The fraction of sp³-hybridized carbons (Fsp3) is 0.455. The summed E-state index contributed by atoms with van der Waals surface area (Å²) in [5, 5.41) is 2.71. The lowest BCUT2D eigenvalue weighted by molar-refractivity contribution is -0.188. The van der Waals surface area contributed by atoms with Gasteiger partial charge in [0.15, 0.2) is 0 Å². The number of hydrogen-bond acceptors (Lipinski definition) is 9. The largest absolute Gasteiger partial charge is 0.453 e. The summed E-state index contributed by atoms with van der Waals surface area (Å²) in [6.45, 7) is 9.04. The van der Waals surface area contributed by atoms with E-state index in [9.17, 15) is 14.4 Å². The number of H-pyrrole nitrogens is 2. The summed E-state index contributed by atoms with van der Waals surface area (Å²) in [5.74, 6) is 1.30. The van der Waals surface area contributed by atoms with Crippen LogP contribution in [0.15, 0.2) is 65.7 Å². The highest BCUT2D eigenvalue weighted by molar-refractivity contribution is 5.87. The molecule has 2 aromatic heterocycles. The van der Waals surface area contributed by atoms with Gasteiger partial charge in [-0.2, -0.15) is 4.89 Å². The first kappa shape index (κ1) is 40.4. The predicted molar refractivity (Wildman–Crippen MR) is 222 cm³/mol. The number of fused-ring (bicyclic) bond motifs is 2. The van der Waals surface area contributed by atoms with Gasteiger partial charge in [-0.3, -0.25) is 9.59 Å². The number of nitrogens with one attached hydrogen (secondary N) is 3. The Hall–Kier alpha value is -5.76. The lowest BCUT2D eigenvalue weighted by atomic mass is 10.00. The number of hydrogen-bond donors (Lipinski definition) is 3. The van der Waals surface area contributed by atoms with E-state index in [2.05, 4.69) is 73.7 Å². The van der Waals surface area contributed by atoms with Gasteiger partial charge in [0.05, 0.1) is 48.4 Å². The number of aromatic nitrogens is 4. The number of methoxy groups -OCH3 is 1. The fourth-order valence-electron chi connectivity index (χ4n) is 8.24. The highest BCUT2D eigenvalue weighted by Gasteiger charge is 2.38. The van der Waals surface area contributed by atoms with E-state index in [-0.39, 0.29) is 35.7 Å². The zero-order valence-corrected chi connectivity index (χ0v) is 34.2. The van der Waals surface area contributed by atoms with E-state index in [0.29, 0.717) is 13.1 Å². The standard InChI is InChI=1S/C44H54N8O6/c1-26(2)38(45-25-58-57-6)42(53)51-21-7-9-36(51)41-47-33-20-18-31(24-35(33)49-41)30-16-13-28(14-17-30)11-12-29-15-19-32-34(23-29)48-40(46-32)37-10-8-22-52(37)43(54)39(27(3)4)50-44(55)56-5/h13-20,23-27,36-39H,7-12,21-22H2,1-6H3,(H,46,48)(H,47,49)(H,50,55)/t36-,37-,38?,39-/m0/s1. The van der Waals surface area contributed by atoms with Crippen LogP contribution in [-0.2, 0) is 36.9 Å². The fourth-order valence-corrected chi connectivity index (χ4v) is 8.24. The third kappa shape index (κ3) is 8.71. The third-order valence-electron chi connectivity index (χ3n) is 11.4. The molecule has 3 N–H and O–H groups in total. The van der Waals surface area contributed by atoms with Crippen LogP contribution in [0, 0.1) is 11.8 Å². The molecule has 306 valence electrons. The molecule has 3 amide bonds. The highest BCUT2D eigenvalue weighted by atomic mass is 17.2. The Bertz CT molecular complexity index is 2260. The van der Waals surface area contributed by atoms with Crippen molar-refractivity contribution in [1.29, 1.82) is 0 Å². The molecule has 2 aliphatic heterocycles. The Kier molecular flexibility index (Phi) is 12.4. The molecule has 14 nitrogen and oxygen atoms in total. The van der Waals surface area contributed by atoms with E-state index in [1.165, 1.54) is 31.7 Å². The lowest BCUT2D eigenvalue weighted by Crippen LogP contribution is -2.51. The number of aromatic amines is 2. The molecule has 3 aromatic carbocycles. The minimum Gasteiger partial charge on any atom is -0.453 e. The number of rotatable bonds is 14. The first-order valence-electron chi connectivity index (χ1n) is 20.3. The Labute approximate surface area is 338 Å². The minimum absolute atomic E-state index is 0.00598. The van der Waals surface area contributed by atoms with Crippen LogP contribution in [-0.4, -0.2) is 93.4 Å². The average Bonchev–Trinajstić information content (AvgIpc) is 4.05. The molecular weight excluding hydrogens is 737 g/mol. The highest BCUT2D eigenvalue weighted by Crippen LogP contribution is 2.35. The summed E-state index contributed by atoms with van der Waals surface area (Å²) in [6, 6.07) is 19.7. The molecule has 14 heteroatoms. The molecule has 0 radical (unpaired) electrons. The number of ether oxygens (including phenoxy) is 1. The summed E-state index contributed by atoms with van der Waals surface area (Å²) in [6.07, 6.45) is 5.72. The molecule has 1 unspecified atom stereocenters. The Balaban J connectivity index is 0.989. The van der Waals surface area contributed by atoms with E-state index in [1.54, 1.807) is 0 Å². The monoisotopic (exact) mass is 790 g/mol. The maximum absolute atomic E-state index is 13.6. The van der Waals surface area contributed by atoms with Crippen LogP contribution in [0.3, 0.4) is 0 Å². The maximum atomic E-state index is 13.6. The molecule has 0 bridgehead atoms. The van der Waals surface area contributed by atoms with Crippen LogP contribution in [0.2, 0.25) is 0 Å². The quantitative estimate of drug-likeness (QED) is 0.0459. The number of imidazole rings is 2.